The summed E-state index contributed by atoms with van der Waals surface area (Å²) in [6, 6.07) is 21.8. The van der Waals surface area contributed by atoms with E-state index >= 15 is 0 Å². The molecule has 192 valence electrons. The van der Waals surface area contributed by atoms with Gasteiger partial charge in [0.2, 0.25) is 5.91 Å². The molecule has 5 rings (SSSR count). The number of allylic oxidation sites excluding steroid dienone is 1. The SMILES string of the molecule is COc1ccc(NC(=O)C2CNN3C=C(C)N(c4ccc(Cc5ccc(Cl)cc5)cc4)C(=O)C23)cc1C#N. The van der Waals surface area contributed by atoms with Crippen LogP contribution in [0.25, 0.3) is 0 Å². The van der Waals surface area contributed by atoms with Crippen molar-refractivity contribution in [3.63, 3.8) is 0 Å². The smallest absolute Gasteiger partial charge is 0.256 e. The van der Waals surface area contributed by atoms with Crippen LogP contribution in [0.4, 0.5) is 11.4 Å². The second-order valence-corrected chi connectivity index (χ2v) is 9.69. The monoisotopic (exact) mass is 527 g/mol. The third-order valence-corrected chi connectivity index (χ3v) is 7.02. The van der Waals surface area contributed by atoms with Crippen LogP contribution in [-0.4, -0.2) is 36.5 Å². The van der Waals surface area contributed by atoms with Crippen LogP contribution in [0.5, 0.6) is 5.75 Å². The summed E-state index contributed by atoms with van der Waals surface area (Å²) >= 11 is 5.99. The fourth-order valence-corrected chi connectivity index (χ4v) is 4.99. The molecule has 3 aromatic rings. The first-order chi connectivity index (χ1) is 18.4. The van der Waals surface area contributed by atoms with Crippen molar-refractivity contribution in [2.24, 2.45) is 5.92 Å². The average Bonchev–Trinajstić information content (AvgIpc) is 3.35. The van der Waals surface area contributed by atoms with Gasteiger partial charge in [-0.3, -0.25) is 14.5 Å². The lowest BCUT2D eigenvalue weighted by molar-refractivity contribution is -0.129. The van der Waals surface area contributed by atoms with E-state index in [1.807, 2.05) is 61.7 Å². The fourth-order valence-electron chi connectivity index (χ4n) is 4.87. The number of hydrogen-bond donors (Lipinski definition) is 2. The number of halogens is 1. The Bertz CT molecular complexity index is 1450. The molecule has 3 aromatic carbocycles. The molecule has 0 radical (unpaired) electrons. The van der Waals surface area contributed by atoms with E-state index < -0.39 is 12.0 Å². The summed E-state index contributed by atoms with van der Waals surface area (Å²) in [6.45, 7) is 2.17. The van der Waals surface area contributed by atoms with E-state index in [9.17, 15) is 14.9 Å². The standard InChI is InChI=1S/C29H26ClN5O3/c1-18-17-34-27(25(16-32-34)28(36)33-23-9-12-26(38-2)21(14-23)15-31)29(37)35(18)24-10-5-20(6-11-24)13-19-3-7-22(30)8-4-19/h3-12,14,17,25,27,32H,13,16H2,1-2H3,(H,33,36). The summed E-state index contributed by atoms with van der Waals surface area (Å²) in [4.78, 5) is 28.6. The molecule has 0 saturated carbocycles. The summed E-state index contributed by atoms with van der Waals surface area (Å²) in [5, 5.41) is 14.6. The van der Waals surface area contributed by atoms with E-state index in [2.05, 4.69) is 16.8 Å². The summed E-state index contributed by atoms with van der Waals surface area (Å²) in [6.07, 6.45) is 2.60. The maximum Gasteiger partial charge on any atom is 0.256 e. The molecule has 8 nitrogen and oxygen atoms in total. The minimum atomic E-state index is -0.707. The van der Waals surface area contributed by atoms with Crippen LogP contribution >= 0.6 is 11.6 Å². The van der Waals surface area contributed by atoms with Crippen molar-refractivity contribution in [3.8, 4) is 11.8 Å². The van der Waals surface area contributed by atoms with E-state index in [4.69, 9.17) is 16.3 Å². The van der Waals surface area contributed by atoms with Gasteiger partial charge in [-0.1, -0.05) is 35.9 Å². The molecule has 38 heavy (non-hydrogen) atoms. The second kappa shape index (κ2) is 10.6. The van der Waals surface area contributed by atoms with Gasteiger partial charge < -0.3 is 15.1 Å². The number of rotatable bonds is 6. The summed E-state index contributed by atoms with van der Waals surface area (Å²) < 4.78 is 5.17. The van der Waals surface area contributed by atoms with E-state index in [0.717, 1.165) is 28.9 Å². The Morgan fingerprint density at radius 1 is 1.13 bits per heavy atom. The molecule has 2 atom stereocenters. The van der Waals surface area contributed by atoms with E-state index in [1.165, 1.54) is 7.11 Å². The van der Waals surface area contributed by atoms with Crippen molar-refractivity contribution >= 4 is 34.8 Å². The average molecular weight is 528 g/mol. The number of benzene rings is 3. The number of nitrogens with one attached hydrogen (secondary N) is 2. The molecule has 1 fully saturated rings. The van der Waals surface area contributed by atoms with Gasteiger partial charge in [-0.15, -0.1) is 0 Å². The molecule has 2 aliphatic rings. The Balaban J connectivity index is 1.32. The zero-order chi connectivity index (χ0) is 26.8. The number of methoxy groups -OCH3 is 1. The third-order valence-electron chi connectivity index (χ3n) is 6.77. The Kier molecular flexibility index (Phi) is 7.05. The molecular weight excluding hydrogens is 502 g/mol. The highest BCUT2D eigenvalue weighted by molar-refractivity contribution is 6.30. The Labute approximate surface area is 226 Å². The molecule has 0 spiro atoms. The largest absolute Gasteiger partial charge is 0.495 e. The Hall–Kier alpha value is -4.32. The van der Waals surface area contributed by atoms with Crippen molar-refractivity contribution in [3.05, 3.63) is 100 Å². The van der Waals surface area contributed by atoms with Crippen molar-refractivity contribution in [1.29, 1.82) is 5.26 Å². The van der Waals surface area contributed by atoms with Crippen molar-refractivity contribution < 1.29 is 14.3 Å². The second-order valence-electron chi connectivity index (χ2n) is 9.25. The van der Waals surface area contributed by atoms with Crippen molar-refractivity contribution in [2.45, 2.75) is 19.4 Å². The van der Waals surface area contributed by atoms with Crippen LogP contribution in [0.3, 0.4) is 0 Å². The van der Waals surface area contributed by atoms with E-state index in [1.54, 1.807) is 28.1 Å². The highest BCUT2D eigenvalue weighted by Gasteiger charge is 2.47. The van der Waals surface area contributed by atoms with Crippen LogP contribution in [0.2, 0.25) is 5.02 Å². The predicted octanol–water partition coefficient (Wildman–Crippen LogP) is 4.46. The number of nitrogens with zero attached hydrogens (tertiary/aromatic N) is 3. The first-order valence-corrected chi connectivity index (χ1v) is 12.5. The number of carbonyl (C=O) groups is 2. The molecule has 2 N–H and O–H groups in total. The van der Waals surface area contributed by atoms with Crippen molar-refractivity contribution in [1.82, 2.24) is 10.4 Å². The molecule has 0 bridgehead atoms. The normalized spacial score (nSPS) is 18.5. The van der Waals surface area contributed by atoms with E-state index in [0.29, 0.717) is 28.6 Å². The van der Waals surface area contributed by atoms with Crippen molar-refractivity contribution in [2.75, 3.05) is 23.9 Å². The number of hydrogen-bond acceptors (Lipinski definition) is 6. The lowest BCUT2D eigenvalue weighted by Gasteiger charge is -2.36. The number of anilines is 2. The fraction of sp³-hybridized carbons (Fsp3) is 0.207. The maximum atomic E-state index is 13.7. The number of hydrazine groups is 1. The molecule has 0 aliphatic carbocycles. The summed E-state index contributed by atoms with van der Waals surface area (Å²) in [5.74, 6) is -0.699. The van der Waals surface area contributed by atoms with Gasteiger partial charge in [0, 0.05) is 34.8 Å². The first-order valence-electron chi connectivity index (χ1n) is 12.1. The van der Waals surface area contributed by atoms with Crippen LogP contribution < -0.4 is 20.4 Å². The highest BCUT2D eigenvalue weighted by atomic mass is 35.5. The predicted molar refractivity (Wildman–Crippen MR) is 145 cm³/mol. The number of fused-ring (bicyclic) bond motifs is 1. The lowest BCUT2D eigenvalue weighted by atomic mass is 9.96. The third kappa shape index (κ3) is 4.94. The molecule has 2 unspecified atom stereocenters. The van der Waals surface area contributed by atoms with Crippen LogP contribution in [0.1, 0.15) is 23.6 Å². The molecule has 1 saturated heterocycles. The number of amides is 2. The lowest BCUT2D eigenvalue weighted by Crippen LogP contribution is -2.53. The van der Waals surface area contributed by atoms with Gasteiger partial charge in [-0.05, 0) is 66.9 Å². The van der Waals surface area contributed by atoms with Crippen LogP contribution in [0, 0.1) is 17.2 Å². The molecular formula is C29H26ClN5O3. The molecule has 9 heteroatoms. The first kappa shape index (κ1) is 25.3. The van der Waals surface area contributed by atoms with Gasteiger partial charge in [0.1, 0.15) is 17.9 Å². The van der Waals surface area contributed by atoms with Gasteiger partial charge in [-0.25, -0.2) is 5.43 Å². The van der Waals surface area contributed by atoms with Gasteiger partial charge in [0.05, 0.1) is 18.6 Å². The number of nitriles is 1. The minimum Gasteiger partial charge on any atom is -0.495 e. The zero-order valence-electron chi connectivity index (χ0n) is 20.9. The molecule has 0 aromatic heterocycles. The zero-order valence-corrected chi connectivity index (χ0v) is 21.7. The Morgan fingerprint density at radius 2 is 1.82 bits per heavy atom. The van der Waals surface area contributed by atoms with Gasteiger partial charge in [0.25, 0.3) is 5.91 Å². The van der Waals surface area contributed by atoms with Gasteiger partial charge >= 0.3 is 0 Å². The summed E-state index contributed by atoms with van der Waals surface area (Å²) in [7, 11) is 1.48. The molecule has 2 heterocycles. The quantitative estimate of drug-likeness (QED) is 0.491. The minimum absolute atomic E-state index is 0.187. The number of carbonyl (C=O) groups excluding carboxylic acids is 2. The molecule has 2 aliphatic heterocycles. The van der Waals surface area contributed by atoms with Crippen LogP contribution in [-0.2, 0) is 16.0 Å². The highest BCUT2D eigenvalue weighted by Crippen LogP contribution is 2.32. The van der Waals surface area contributed by atoms with E-state index in [-0.39, 0.29) is 11.8 Å². The molecule has 2 amide bonds. The van der Waals surface area contributed by atoms with Gasteiger partial charge in [-0.2, -0.15) is 5.26 Å². The maximum absolute atomic E-state index is 13.7. The van der Waals surface area contributed by atoms with Crippen LogP contribution in [0.15, 0.2) is 78.6 Å². The van der Waals surface area contributed by atoms with Gasteiger partial charge in [0.15, 0.2) is 0 Å². The topological polar surface area (TPSA) is 97.7 Å². The summed E-state index contributed by atoms with van der Waals surface area (Å²) in [5.41, 5.74) is 7.68. The Morgan fingerprint density at radius 3 is 2.47 bits per heavy atom. The number of ether oxygens (including phenoxy) is 1.